The van der Waals surface area contributed by atoms with Crippen molar-refractivity contribution in [2.45, 2.75) is 26.2 Å². The molecule has 0 fully saturated rings. The van der Waals surface area contributed by atoms with Gasteiger partial charge in [-0.2, -0.15) is 0 Å². The van der Waals surface area contributed by atoms with E-state index >= 15 is 0 Å². The van der Waals surface area contributed by atoms with Crippen LogP contribution in [0.3, 0.4) is 0 Å². The van der Waals surface area contributed by atoms with E-state index in [-0.39, 0.29) is 12.4 Å². The molecular formula is C12H18ClNO. The number of ether oxygens (including phenoxy) is 1. The van der Waals surface area contributed by atoms with Crippen LogP contribution in [-0.2, 0) is 4.74 Å². The number of rotatable bonds is 4. The minimum Gasteiger partial charge on any atom is -0.481 e. The van der Waals surface area contributed by atoms with Crippen molar-refractivity contribution < 1.29 is 4.74 Å². The molecule has 0 saturated carbocycles. The molecule has 1 rings (SSSR count). The maximum atomic E-state index is 7.55. The molecule has 1 aromatic carbocycles. The molecule has 1 aromatic rings. The molecule has 0 heterocycles. The van der Waals surface area contributed by atoms with Gasteiger partial charge in [-0.15, -0.1) is 12.4 Å². The summed E-state index contributed by atoms with van der Waals surface area (Å²) in [5.41, 5.74) is 1.26. The van der Waals surface area contributed by atoms with Crippen molar-refractivity contribution in [2.24, 2.45) is 0 Å². The lowest BCUT2D eigenvalue weighted by molar-refractivity contribution is 0.311. The van der Waals surface area contributed by atoms with Crippen LogP contribution < -0.4 is 0 Å². The molecule has 84 valence electrons. The summed E-state index contributed by atoms with van der Waals surface area (Å²) in [6.07, 6.45) is 0.678. The fourth-order valence-electron chi connectivity index (χ4n) is 1.41. The summed E-state index contributed by atoms with van der Waals surface area (Å²) < 4.78 is 5.12. The maximum absolute atomic E-state index is 7.55. The topological polar surface area (TPSA) is 33.1 Å². The second kappa shape index (κ2) is 7.30. The van der Waals surface area contributed by atoms with Gasteiger partial charge in [0.1, 0.15) is 0 Å². The predicted molar refractivity (Wildman–Crippen MR) is 66.1 cm³/mol. The molecule has 2 nitrogen and oxygen atoms in total. The van der Waals surface area contributed by atoms with Crippen molar-refractivity contribution in [3.8, 4) is 0 Å². The van der Waals surface area contributed by atoms with Gasteiger partial charge in [-0.25, -0.2) is 0 Å². The van der Waals surface area contributed by atoms with Crippen LogP contribution in [0.2, 0.25) is 0 Å². The average molecular weight is 228 g/mol. The normalized spacial score (nSPS) is 11.3. The molecular weight excluding hydrogens is 210 g/mol. The Hall–Kier alpha value is -1.02. The van der Waals surface area contributed by atoms with Crippen molar-refractivity contribution >= 4 is 18.3 Å². The zero-order chi connectivity index (χ0) is 10.4. The van der Waals surface area contributed by atoms with Gasteiger partial charge in [-0.1, -0.05) is 37.3 Å². The third-order valence-corrected chi connectivity index (χ3v) is 2.18. The number of benzene rings is 1. The van der Waals surface area contributed by atoms with Crippen LogP contribution in [-0.4, -0.2) is 12.5 Å². The van der Waals surface area contributed by atoms with Gasteiger partial charge in [0.2, 0.25) is 0 Å². The molecule has 0 spiro atoms. The van der Waals surface area contributed by atoms with E-state index in [0.29, 0.717) is 24.8 Å². The van der Waals surface area contributed by atoms with Crippen LogP contribution in [0.1, 0.15) is 31.7 Å². The predicted octanol–water partition coefficient (Wildman–Crippen LogP) is 3.62. The van der Waals surface area contributed by atoms with Crippen molar-refractivity contribution in [3.63, 3.8) is 0 Å². The van der Waals surface area contributed by atoms with Crippen molar-refractivity contribution in [2.75, 3.05) is 6.61 Å². The molecule has 0 radical (unpaired) electrons. The number of halogens is 1. The number of hydrogen-bond donors (Lipinski definition) is 1. The Kier molecular flexibility index (Phi) is 6.80. The third kappa shape index (κ3) is 4.84. The fraction of sp³-hybridized carbons (Fsp3) is 0.417. The molecule has 0 aromatic heterocycles. The van der Waals surface area contributed by atoms with E-state index in [0.717, 1.165) is 0 Å². The molecule has 0 aliphatic carbocycles. The van der Waals surface area contributed by atoms with Crippen LogP contribution in [0.4, 0.5) is 0 Å². The molecule has 0 aliphatic heterocycles. The maximum Gasteiger partial charge on any atom is 0.180 e. The summed E-state index contributed by atoms with van der Waals surface area (Å²) in [7, 11) is 0. The lowest BCUT2D eigenvalue weighted by Gasteiger charge is -2.12. The molecule has 1 atom stereocenters. The average Bonchev–Trinajstić information content (AvgIpc) is 2.19. The number of hydrogen-bond acceptors (Lipinski definition) is 2. The van der Waals surface area contributed by atoms with Crippen LogP contribution in [0.5, 0.6) is 0 Å². The highest BCUT2D eigenvalue weighted by atomic mass is 35.5. The molecule has 1 N–H and O–H groups in total. The van der Waals surface area contributed by atoms with E-state index in [1.165, 1.54) is 5.56 Å². The highest BCUT2D eigenvalue weighted by Gasteiger charge is 2.08. The standard InChI is InChI=1S/C12H17NO.ClH/c1-3-14-12(13)9-10(2)11-7-5-4-6-8-11;/h4-8,10,13H,3,9H2,1-2H3;1H. The van der Waals surface area contributed by atoms with E-state index in [1.807, 2.05) is 25.1 Å². The van der Waals surface area contributed by atoms with Crippen molar-refractivity contribution in [1.82, 2.24) is 0 Å². The monoisotopic (exact) mass is 227 g/mol. The second-order valence-corrected chi connectivity index (χ2v) is 3.37. The SMILES string of the molecule is CCOC(=N)CC(C)c1ccccc1.Cl. The van der Waals surface area contributed by atoms with Gasteiger partial charge in [0.15, 0.2) is 5.90 Å². The lowest BCUT2D eigenvalue weighted by atomic mass is 9.98. The van der Waals surface area contributed by atoms with Crippen LogP contribution in [0.25, 0.3) is 0 Å². The summed E-state index contributed by atoms with van der Waals surface area (Å²) >= 11 is 0. The van der Waals surface area contributed by atoms with Gasteiger partial charge in [-0.05, 0) is 18.4 Å². The van der Waals surface area contributed by atoms with E-state index in [9.17, 15) is 0 Å². The Morgan fingerprint density at radius 3 is 2.47 bits per heavy atom. The summed E-state index contributed by atoms with van der Waals surface area (Å²) in [4.78, 5) is 0. The minimum atomic E-state index is 0. The van der Waals surface area contributed by atoms with Gasteiger partial charge in [0, 0.05) is 6.42 Å². The first-order valence-corrected chi connectivity index (χ1v) is 4.99. The highest BCUT2D eigenvalue weighted by molar-refractivity contribution is 5.85. The van der Waals surface area contributed by atoms with Gasteiger partial charge in [0.05, 0.1) is 6.61 Å². The minimum absolute atomic E-state index is 0. The zero-order valence-corrected chi connectivity index (χ0v) is 10.0. The van der Waals surface area contributed by atoms with E-state index in [2.05, 4.69) is 19.1 Å². The van der Waals surface area contributed by atoms with Crippen molar-refractivity contribution in [1.29, 1.82) is 5.41 Å². The molecule has 0 amide bonds. The second-order valence-electron chi connectivity index (χ2n) is 3.37. The first kappa shape index (κ1) is 14.0. The smallest absolute Gasteiger partial charge is 0.180 e. The summed E-state index contributed by atoms with van der Waals surface area (Å²) in [6.45, 7) is 4.60. The van der Waals surface area contributed by atoms with E-state index in [1.54, 1.807) is 0 Å². The van der Waals surface area contributed by atoms with Gasteiger partial charge >= 0.3 is 0 Å². The zero-order valence-electron chi connectivity index (χ0n) is 9.19. The fourth-order valence-corrected chi connectivity index (χ4v) is 1.41. The van der Waals surface area contributed by atoms with Crippen molar-refractivity contribution in [3.05, 3.63) is 35.9 Å². The van der Waals surface area contributed by atoms with Gasteiger partial charge in [-0.3, -0.25) is 5.41 Å². The quantitative estimate of drug-likeness (QED) is 0.619. The Morgan fingerprint density at radius 1 is 1.33 bits per heavy atom. The van der Waals surface area contributed by atoms with Crippen LogP contribution >= 0.6 is 12.4 Å². The highest BCUT2D eigenvalue weighted by Crippen LogP contribution is 2.18. The van der Waals surface area contributed by atoms with Gasteiger partial charge in [0.25, 0.3) is 0 Å². The first-order valence-electron chi connectivity index (χ1n) is 4.99. The Labute approximate surface area is 97.6 Å². The Morgan fingerprint density at radius 2 is 1.93 bits per heavy atom. The molecule has 0 aliphatic rings. The third-order valence-electron chi connectivity index (χ3n) is 2.18. The molecule has 0 saturated heterocycles. The molecule has 15 heavy (non-hydrogen) atoms. The Bertz CT molecular complexity index is 287. The van der Waals surface area contributed by atoms with Crippen LogP contribution in [0.15, 0.2) is 30.3 Å². The first-order chi connectivity index (χ1) is 6.74. The Balaban J connectivity index is 0.00000196. The summed E-state index contributed by atoms with van der Waals surface area (Å²) in [5, 5.41) is 7.55. The summed E-state index contributed by atoms with van der Waals surface area (Å²) in [5.74, 6) is 0.735. The van der Waals surface area contributed by atoms with Gasteiger partial charge < -0.3 is 4.74 Å². The molecule has 1 unspecified atom stereocenters. The molecule has 0 bridgehead atoms. The largest absolute Gasteiger partial charge is 0.481 e. The molecule has 3 heteroatoms. The van der Waals surface area contributed by atoms with Crippen LogP contribution in [0, 0.1) is 5.41 Å². The summed E-state index contributed by atoms with van der Waals surface area (Å²) in [6, 6.07) is 10.2. The number of nitrogens with one attached hydrogen (secondary N) is 1. The van der Waals surface area contributed by atoms with E-state index < -0.39 is 0 Å². The lowest BCUT2D eigenvalue weighted by Crippen LogP contribution is -2.07. The van der Waals surface area contributed by atoms with E-state index in [4.69, 9.17) is 10.1 Å².